The fourth-order valence-corrected chi connectivity index (χ4v) is 2.23. The first-order valence-electron chi connectivity index (χ1n) is 7.30. The van der Waals surface area contributed by atoms with Crippen molar-refractivity contribution in [2.45, 2.75) is 13.0 Å². The van der Waals surface area contributed by atoms with Crippen LogP contribution < -0.4 is 20.5 Å². The third kappa shape index (κ3) is 6.95. The summed E-state index contributed by atoms with van der Waals surface area (Å²) in [6.07, 6.45) is -0.258. The van der Waals surface area contributed by atoms with Crippen LogP contribution >= 0.6 is 35.6 Å². The average molecular weight is 480 g/mol. The molecule has 0 saturated carbocycles. The quantitative estimate of drug-likeness (QED) is 0.368. The van der Waals surface area contributed by atoms with Gasteiger partial charge in [-0.3, -0.25) is 0 Å². The molecule has 5 nitrogen and oxygen atoms in total. The minimum Gasteiger partial charge on any atom is -0.495 e. The Bertz CT molecular complexity index is 731. The molecule has 136 valence electrons. The van der Waals surface area contributed by atoms with E-state index < -0.39 is 0 Å². The van der Waals surface area contributed by atoms with Gasteiger partial charge in [-0.15, -0.1) is 24.0 Å². The van der Waals surface area contributed by atoms with Gasteiger partial charge in [-0.2, -0.15) is 0 Å². The summed E-state index contributed by atoms with van der Waals surface area (Å²) in [7, 11) is 1.55. The number of ether oxygens (including phenoxy) is 2. The molecule has 0 saturated heterocycles. The Morgan fingerprint density at radius 3 is 2.72 bits per heavy atom. The molecule has 0 amide bonds. The standard InChI is InChI=1S/C17H19ClFN3O2.HI/c1-11(24-14-5-3-4-12(19)8-14)10-21-17(20)22-13-6-7-16(23-2)15(18)9-13;/h3-9,11H,10H2,1-2H3,(H3,20,21,22);1H. The molecule has 0 aromatic heterocycles. The Morgan fingerprint density at radius 2 is 2.08 bits per heavy atom. The summed E-state index contributed by atoms with van der Waals surface area (Å²) in [4.78, 5) is 4.20. The second-order valence-electron chi connectivity index (χ2n) is 5.09. The van der Waals surface area contributed by atoms with Crippen molar-refractivity contribution in [3.8, 4) is 11.5 Å². The van der Waals surface area contributed by atoms with Gasteiger partial charge in [0, 0.05) is 11.8 Å². The molecular formula is C17H20ClFIN3O2. The van der Waals surface area contributed by atoms with Crippen LogP contribution in [0.15, 0.2) is 47.5 Å². The van der Waals surface area contributed by atoms with E-state index in [0.717, 1.165) is 0 Å². The second-order valence-corrected chi connectivity index (χ2v) is 5.49. The van der Waals surface area contributed by atoms with Crippen molar-refractivity contribution in [1.82, 2.24) is 0 Å². The van der Waals surface area contributed by atoms with Crippen molar-refractivity contribution in [2.24, 2.45) is 10.7 Å². The van der Waals surface area contributed by atoms with Crippen LogP contribution in [0.3, 0.4) is 0 Å². The molecule has 25 heavy (non-hydrogen) atoms. The summed E-state index contributed by atoms with van der Waals surface area (Å²) in [5.41, 5.74) is 6.54. The summed E-state index contributed by atoms with van der Waals surface area (Å²) >= 11 is 6.05. The molecule has 0 heterocycles. The van der Waals surface area contributed by atoms with Crippen molar-refractivity contribution in [1.29, 1.82) is 0 Å². The summed E-state index contributed by atoms with van der Waals surface area (Å²) in [6.45, 7) is 2.14. The lowest BCUT2D eigenvalue weighted by Gasteiger charge is -2.13. The van der Waals surface area contributed by atoms with Gasteiger partial charge in [0.25, 0.3) is 0 Å². The summed E-state index contributed by atoms with van der Waals surface area (Å²) in [5, 5.41) is 3.41. The molecule has 0 aliphatic rings. The highest BCUT2D eigenvalue weighted by Gasteiger charge is 2.06. The van der Waals surface area contributed by atoms with Gasteiger partial charge >= 0.3 is 0 Å². The fourth-order valence-electron chi connectivity index (χ4n) is 1.97. The molecular weight excluding hydrogens is 460 g/mol. The van der Waals surface area contributed by atoms with Crippen molar-refractivity contribution in [3.05, 3.63) is 53.3 Å². The Labute approximate surface area is 168 Å². The number of hydrogen-bond acceptors (Lipinski definition) is 3. The molecule has 1 unspecified atom stereocenters. The van der Waals surface area contributed by atoms with Gasteiger partial charge in [-0.1, -0.05) is 17.7 Å². The van der Waals surface area contributed by atoms with Crippen molar-refractivity contribution < 1.29 is 13.9 Å². The molecule has 0 bridgehead atoms. The topological polar surface area (TPSA) is 68.9 Å². The van der Waals surface area contributed by atoms with Gasteiger partial charge in [-0.25, -0.2) is 9.38 Å². The maximum atomic E-state index is 13.1. The van der Waals surface area contributed by atoms with Gasteiger partial charge in [0.1, 0.15) is 23.4 Å². The van der Waals surface area contributed by atoms with E-state index in [1.54, 1.807) is 37.4 Å². The molecule has 2 aromatic rings. The Morgan fingerprint density at radius 1 is 1.32 bits per heavy atom. The molecule has 0 aliphatic carbocycles. The third-order valence-electron chi connectivity index (χ3n) is 3.08. The molecule has 0 aliphatic heterocycles. The number of nitrogens with one attached hydrogen (secondary N) is 1. The maximum absolute atomic E-state index is 13.1. The number of aliphatic imine (C=N–C) groups is 1. The first kappa shape index (κ1) is 21.3. The lowest BCUT2D eigenvalue weighted by molar-refractivity contribution is 0.229. The largest absolute Gasteiger partial charge is 0.495 e. The SMILES string of the molecule is COc1ccc(NC(N)=NCC(C)Oc2cccc(F)c2)cc1Cl.I. The molecule has 2 rings (SSSR count). The minimum atomic E-state index is -0.347. The Kier molecular flexibility index (Phi) is 8.77. The highest BCUT2D eigenvalue weighted by atomic mass is 127. The number of methoxy groups -OCH3 is 1. The predicted octanol–water partition coefficient (Wildman–Crippen LogP) is 4.30. The van der Waals surface area contributed by atoms with Crippen LogP contribution in [0.25, 0.3) is 0 Å². The summed E-state index contributed by atoms with van der Waals surface area (Å²) in [5.74, 6) is 0.910. The number of hydrogen-bond donors (Lipinski definition) is 2. The van der Waals surface area contributed by atoms with Crippen LogP contribution in [0.5, 0.6) is 11.5 Å². The van der Waals surface area contributed by atoms with Gasteiger partial charge in [0.15, 0.2) is 5.96 Å². The van der Waals surface area contributed by atoms with Crippen LogP contribution in [0.2, 0.25) is 5.02 Å². The second kappa shape index (κ2) is 10.3. The van der Waals surface area contributed by atoms with Gasteiger partial charge in [0.05, 0.1) is 18.7 Å². The molecule has 3 N–H and O–H groups in total. The predicted molar refractivity (Wildman–Crippen MR) is 110 cm³/mol. The van der Waals surface area contributed by atoms with Crippen LogP contribution in [-0.2, 0) is 0 Å². The number of halogens is 3. The number of rotatable bonds is 6. The van der Waals surface area contributed by atoms with E-state index >= 15 is 0 Å². The Balaban J connectivity index is 0.00000312. The third-order valence-corrected chi connectivity index (χ3v) is 3.37. The van der Waals surface area contributed by atoms with Crippen molar-refractivity contribution in [2.75, 3.05) is 19.0 Å². The zero-order valence-corrected chi connectivity index (χ0v) is 16.9. The van der Waals surface area contributed by atoms with Gasteiger partial charge < -0.3 is 20.5 Å². The Hall–Kier alpha value is -1.74. The number of guanidine groups is 1. The fraction of sp³-hybridized carbons (Fsp3) is 0.235. The molecule has 1 atom stereocenters. The molecule has 2 aromatic carbocycles. The van der Waals surface area contributed by atoms with Crippen LogP contribution in [0.1, 0.15) is 6.92 Å². The van der Waals surface area contributed by atoms with Gasteiger partial charge in [0.2, 0.25) is 0 Å². The van der Waals surface area contributed by atoms with E-state index in [9.17, 15) is 4.39 Å². The lowest BCUT2D eigenvalue weighted by Crippen LogP contribution is -2.25. The van der Waals surface area contributed by atoms with E-state index in [-0.39, 0.29) is 41.9 Å². The number of nitrogens with zero attached hydrogens (tertiary/aromatic N) is 1. The maximum Gasteiger partial charge on any atom is 0.193 e. The van der Waals surface area contributed by atoms with Crippen molar-refractivity contribution >= 4 is 47.2 Å². The first-order chi connectivity index (χ1) is 11.5. The first-order valence-corrected chi connectivity index (χ1v) is 7.68. The van der Waals surface area contributed by atoms with Crippen LogP contribution in [0.4, 0.5) is 10.1 Å². The molecule has 0 spiro atoms. The van der Waals surface area contributed by atoms with E-state index in [2.05, 4.69) is 10.3 Å². The van der Waals surface area contributed by atoms with Gasteiger partial charge in [-0.05, 0) is 37.3 Å². The zero-order valence-electron chi connectivity index (χ0n) is 13.8. The molecule has 0 fully saturated rings. The highest BCUT2D eigenvalue weighted by molar-refractivity contribution is 14.0. The number of anilines is 1. The molecule has 8 heteroatoms. The van der Waals surface area contributed by atoms with Crippen LogP contribution in [0, 0.1) is 5.82 Å². The average Bonchev–Trinajstić information content (AvgIpc) is 2.53. The van der Waals surface area contributed by atoms with E-state index in [1.165, 1.54) is 12.1 Å². The normalized spacial score (nSPS) is 12.1. The van der Waals surface area contributed by atoms with Crippen molar-refractivity contribution in [3.63, 3.8) is 0 Å². The minimum absolute atomic E-state index is 0. The monoisotopic (exact) mass is 479 g/mol. The number of nitrogens with two attached hydrogens (primary N) is 1. The molecule has 0 radical (unpaired) electrons. The zero-order chi connectivity index (χ0) is 17.5. The van der Waals surface area contributed by atoms with Crippen LogP contribution in [-0.4, -0.2) is 25.7 Å². The smallest absolute Gasteiger partial charge is 0.193 e. The van der Waals surface area contributed by atoms with E-state index in [1.807, 2.05) is 6.92 Å². The van der Waals surface area contributed by atoms with E-state index in [4.69, 9.17) is 26.8 Å². The highest BCUT2D eigenvalue weighted by Crippen LogP contribution is 2.27. The summed E-state index contributed by atoms with van der Waals surface area (Å²) < 4.78 is 23.8. The lowest BCUT2D eigenvalue weighted by atomic mass is 10.3. The number of benzene rings is 2. The van der Waals surface area contributed by atoms with E-state index in [0.29, 0.717) is 28.8 Å². The summed E-state index contributed by atoms with van der Waals surface area (Å²) in [6, 6.07) is 11.1.